The monoisotopic (exact) mass is 292 g/mol. The zero-order valence-electron chi connectivity index (χ0n) is 12.5. The molecule has 22 heavy (non-hydrogen) atoms. The molecule has 4 heteroatoms. The second kappa shape index (κ2) is 5.91. The first kappa shape index (κ1) is 13.5. The number of nitrogens with one attached hydrogen (secondary N) is 2. The number of hydrogen-bond donors (Lipinski definition) is 2. The number of H-pyrrole nitrogens is 1. The van der Waals surface area contributed by atoms with Crippen molar-refractivity contribution in [3.8, 4) is 0 Å². The van der Waals surface area contributed by atoms with Crippen molar-refractivity contribution < 1.29 is 0 Å². The lowest BCUT2D eigenvalue weighted by Crippen LogP contribution is -2.45. The van der Waals surface area contributed by atoms with Gasteiger partial charge in [-0.15, -0.1) is 0 Å². The van der Waals surface area contributed by atoms with Crippen LogP contribution in [0.25, 0.3) is 11.0 Å². The molecule has 0 saturated carbocycles. The molecule has 1 aromatic heterocycles. The second-order valence-electron chi connectivity index (χ2n) is 5.87. The fourth-order valence-corrected chi connectivity index (χ4v) is 3.12. The maximum absolute atomic E-state index is 4.73. The van der Waals surface area contributed by atoms with Crippen LogP contribution in [0.1, 0.15) is 17.4 Å². The van der Waals surface area contributed by atoms with Gasteiger partial charge in [-0.3, -0.25) is 4.90 Å². The largest absolute Gasteiger partial charge is 0.341 e. The lowest BCUT2D eigenvalue weighted by atomic mass is 10.1. The molecule has 1 unspecified atom stereocenters. The number of aromatic amines is 1. The van der Waals surface area contributed by atoms with Crippen molar-refractivity contribution in [1.29, 1.82) is 0 Å². The van der Waals surface area contributed by atoms with E-state index in [2.05, 4.69) is 57.7 Å². The van der Waals surface area contributed by atoms with Crippen LogP contribution in [0.3, 0.4) is 0 Å². The number of benzene rings is 2. The predicted molar refractivity (Wildman–Crippen MR) is 88.6 cm³/mol. The van der Waals surface area contributed by atoms with Crippen molar-refractivity contribution in [2.24, 2.45) is 0 Å². The van der Waals surface area contributed by atoms with Crippen LogP contribution in [0.5, 0.6) is 0 Å². The molecule has 4 rings (SSSR count). The third-order valence-electron chi connectivity index (χ3n) is 4.25. The average molecular weight is 292 g/mol. The van der Waals surface area contributed by atoms with Crippen LogP contribution in [0.15, 0.2) is 54.6 Å². The van der Waals surface area contributed by atoms with Crippen molar-refractivity contribution >= 4 is 11.0 Å². The van der Waals surface area contributed by atoms with Gasteiger partial charge in [0.1, 0.15) is 5.82 Å². The number of piperazine rings is 1. The van der Waals surface area contributed by atoms with Gasteiger partial charge in [0.15, 0.2) is 0 Å². The number of para-hydroxylation sites is 2. The van der Waals surface area contributed by atoms with E-state index in [4.69, 9.17) is 4.98 Å². The lowest BCUT2D eigenvalue weighted by Gasteiger charge is -2.32. The topological polar surface area (TPSA) is 44.0 Å². The minimum Gasteiger partial charge on any atom is -0.341 e. The molecule has 2 aromatic carbocycles. The van der Waals surface area contributed by atoms with E-state index in [-0.39, 0.29) is 6.04 Å². The molecule has 2 N–H and O–H groups in total. The van der Waals surface area contributed by atoms with Crippen LogP contribution in [0, 0.1) is 0 Å². The number of hydrogen-bond acceptors (Lipinski definition) is 3. The van der Waals surface area contributed by atoms with E-state index in [0.29, 0.717) is 0 Å². The Morgan fingerprint density at radius 1 is 1.05 bits per heavy atom. The van der Waals surface area contributed by atoms with E-state index in [1.807, 2.05) is 12.1 Å². The summed E-state index contributed by atoms with van der Waals surface area (Å²) in [5, 5.41) is 3.58. The van der Waals surface area contributed by atoms with Gasteiger partial charge in [-0.1, -0.05) is 42.5 Å². The molecule has 0 aliphatic carbocycles. The van der Waals surface area contributed by atoms with Gasteiger partial charge in [-0.25, -0.2) is 4.98 Å². The molecular weight excluding hydrogens is 272 g/mol. The molecule has 1 saturated heterocycles. The third kappa shape index (κ3) is 2.75. The highest BCUT2D eigenvalue weighted by molar-refractivity contribution is 5.74. The quantitative estimate of drug-likeness (QED) is 0.780. The summed E-state index contributed by atoms with van der Waals surface area (Å²) in [6.07, 6.45) is 0. The minimum absolute atomic E-state index is 0.268. The zero-order chi connectivity index (χ0) is 14.8. The molecule has 1 aliphatic rings. The van der Waals surface area contributed by atoms with Gasteiger partial charge in [-0.2, -0.15) is 0 Å². The summed E-state index contributed by atoms with van der Waals surface area (Å²) in [4.78, 5) is 10.7. The predicted octanol–water partition coefficient (Wildman–Crippen LogP) is 2.71. The number of rotatable bonds is 3. The summed E-state index contributed by atoms with van der Waals surface area (Å²) in [7, 11) is 0. The summed E-state index contributed by atoms with van der Waals surface area (Å²) < 4.78 is 0. The summed E-state index contributed by atoms with van der Waals surface area (Å²) in [6.45, 7) is 4.05. The molecule has 0 radical (unpaired) electrons. The molecule has 3 aromatic rings. The first-order chi connectivity index (χ1) is 10.9. The lowest BCUT2D eigenvalue weighted by molar-refractivity contribution is 0.190. The van der Waals surface area contributed by atoms with Crippen molar-refractivity contribution in [3.63, 3.8) is 0 Å². The van der Waals surface area contributed by atoms with Gasteiger partial charge < -0.3 is 10.3 Å². The summed E-state index contributed by atoms with van der Waals surface area (Å²) in [5.74, 6) is 1.04. The van der Waals surface area contributed by atoms with Gasteiger partial charge in [-0.05, 0) is 17.7 Å². The Bertz CT molecular complexity index is 717. The number of fused-ring (bicyclic) bond motifs is 1. The van der Waals surface area contributed by atoms with E-state index in [1.54, 1.807) is 0 Å². The number of aromatic nitrogens is 2. The van der Waals surface area contributed by atoms with Crippen LogP contribution in [-0.4, -0.2) is 34.5 Å². The molecule has 0 amide bonds. The Balaban J connectivity index is 1.50. The van der Waals surface area contributed by atoms with Gasteiger partial charge in [0, 0.05) is 26.2 Å². The smallest absolute Gasteiger partial charge is 0.125 e. The molecule has 0 spiro atoms. The van der Waals surface area contributed by atoms with Crippen molar-refractivity contribution in [3.05, 3.63) is 66.0 Å². The van der Waals surface area contributed by atoms with E-state index in [1.165, 1.54) is 5.56 Å². The van der Waals surface area contributed by atoms with Crippen LogP contribution < -0.4 is 5.32 Å². The standard InChI is InChI=1S/C18H20N4/c1-2-6-14(7-3-1)12-22-11-10-19-17(13-22)18-20-15-8-4-5-9-16(15)21-18/h1-9,17,19H,10-13H2,(H,20,21). The van der Waals surface area contributed by atoms with Crippen LogP contribution in [-0.2, 0) is 6.54 Å². The highest BCUT2D eigenvalue weighted by Crippen LogP contribution is 2.19. The second-order valence-corrected chi connectivity index (χ2v) is 5.87. The molecule has 0 bridgehead atoms. The third-order valence-corrected chi connectivity index (χ3v) is 4.25. The number of imidazole rings is 1. The van der Waals surface area contributed by atoms with Crippen molar-refractivity contribution in [2.75, 3.05) is 19.6 Å². The maximum Gasteiger partial charge on any atom is 0.125 e. The Morgan fingerprint density at radius 3 is 2.73 bits per heavy atom. The van der Waals surface area contributed by atoms with Gasteiger partial charge in [0.25, 0.3) is 0 Å². The van der Waals surface area contributed by atoms with Crippen molar-refractivity contribution in [2.45, 2.75) is 12.6 Å². The molecule has 2 heterocycles. The fourth-order valence-electron chi connectivity index (χ4n) is 3.12. The van der Waals surface area contributed by atoms with E-state index >= 15 is 0 Å². The van der Waals surface area contributed by atoms with Crippen molar-refractivity contribution in [1.82, 2.24) is 20.2 Å². The van der Waals surface area contributed by atoms with Gasteiger partial charge in [0.05, 0.1) is 17.1 Å². The van der Waals surface area contributed by atoms with Crippen LogP contribution >= 0.6 is 0 Å². The van der Waals surface area contributed by atoms with Crippen LogP contribution in [0.4, 0.5) is 0 Å². The maximum atomic E-state index is 4.73. The van der Waals surface area contributed by atoms with E-state index < -0.39 is 0 Å². The Morgan fingerprint density at radius 2 is 1.86 bits per heavy atom. The van der Waals surface area contributed by atoms with Gasteiger partial charge in [0.2, 0.25) is 0 Å². The molecule has 1 fully saturated rings. The van der Waals surface area contributed by atoms with E-state index in [9.17, 15) is 0 Å². The first-order valence-corrected chi connectivity index (χ1v) is 7.83. The van der Waals surface area contributed by atoms with Crippen LogP contribution in [0.2, 0.25) is 0 Å². The molecule has 1 atom stereocenters. The minimum atomic E-state index is 0.268. The van der Waals surface area contributed by atoms with E-state index in [0.717, 1.165) is 43.0 Å². The fraction of sp³-hybridized carbons (Fsp3) is 0.278. The highest BCUT2D eigenvalue weighted by atomic mass is 15.2. The average Bonchev–Trinajstić information content (AvgIpc) is 3.00. The SMILES string of the molecule is c1ccc(CN2CCNC(c3nc4ccccc4[nH]3)C2)cc1. The normalized spacial score (nSPS) is 19.5. The van der Waals surface area contributed by atoms with Gasteiger partial charge >= 0.3 is 0 Å². The Hall–Kier alpha value is -2.17. The molecule has 112 valence electrons. The molecule has 1 aliphatic heterocycles. The summed E-state index contributed by atoms with van der Waals surface area (Å²) in [5.41, 5.74) is 3.52. The number of nitrogens with zero attached hydrogens (tertiary/aromatic N) is 2. The Kier molecular flexibility index (Phi) is 3.62. The highest BCUT2D eigenvalue weighted by Gasteiger charge is 2.23. The molecular formula is C18H20N4. The Labute approximate surface area is 130 Å². The first-order valence-electron chi connectivity index (χ1n) is 7.83. The molecule has 4 nitrogen and oxygen atoms in total. The zero-order valence-corrected chi connectivity index (χ0v) is 12.5. The summed E-state index contributed by atoms with van der Waals surface area (Å²) in [6, 6.07) is 19.1. The summed E-state index contributed by atoms with van der Waals surface area (Å²) >= 11 is 0.